The predicted octanol–water partition coefficient (Wildman–Crippen LogP) is 1.79. The topological polar surface area (TPSA) is 77.8 Å². The molecule has 4 N–H and O–H groups in total. The van der Waals surface area contributed by atoms with Crippen molar-refractivity contribution in [1.82, 2.24) is 9.97 Å². The SMILES string of the molecule is Cc1cccnc1C1(N)C=Cc2nc(N)ccc2C1. The van der Waals surface area contributed by atoms with Crippen molar-refractivity contribution in [2.75, 3.05) is 5.73 Å². The highest BCUT2D eigenvalue weighted by Crippen LogP contribution is 2.31. The summed E-state index contributed by atoms with van der Waals surface area (Å²) in [6.07, 6.45) is 6.37. The van der Waals surface area contributed by atoms with Crippen molar-refractivity contribution in [3.05, 3.63) is 59.1 Å². The van der Waals surface area contributed by atoms with Gasteiger partial charge in [-0.25, -0.2) is 4.98 Å². The van der Waals surface area contributed by atoms with E-state index in [0.717, 1.165) is 22.5 Å². The van der Waals surface area contributed by atoms with Gasteiger partial charge in [0.2, 0.25) is 0 Å². The second-order valence-electron chi connectivity index (χ2n) is 5.00. The Labute approximate surface area is 112 Å². The molecule has 0 spiro atoms. The predicted molar refractivity (Wildman–Crippen MR) is 76.2 cm³/mol. The van der Waals surface area contributed by atoms with Crippen LogP contribution in [0.3, 0.4) is 0 Å². The molecule has 2 heterocycles. The summed E-state index contributed by atoms with van der Waals surface area (Å²) in [4.78, 5) is 8.75. The molecule has 0 saturated carbocycles. The minimum absolute atomic E-state index is 0.530. The van der Waals surface area contributed by atoms with Crippen LogP contribution in [0.4, 0.5) is 5.82 Å². The lowest BCUT2D eigenvalue weighted by Gasteiger charge is -2.30. The molecule has 0 fully saturated rings. The van der Waals surface area contributed by atoms with Crippen LogP contribution in [0, 0.1) is 6.92 Å². The summed E-state index contributed by atoms with van der Waals surface area (Å²) >= 11 is 0. The first-order valence-corrected chi connectivity index (χ1v) is 6.24. The van der Waals surface area contributed by atoms with E-state index in [1.807, 2.05) is 43.3 Å². The summed E-state index contributed by atoms with van der Waals surface area (Å²) in [5.41, 5.74) is 15.7. The van der Waals surface area contributed by atoms with E-state index >= 15 is 0 Å². The van der Waals surface area contributed by atoms with Gasteiger partial charge in [-0.15, -0.1) is 0 Å². The molecule has 96 valence electrons. The third-order valence-corrected chi connectivity index (χ3v) is 3.51. The van der Waals surface area contributed by atoms with E-state index in [1.54, 1.807) is 6.20 Å². The Hall–Kier alpha value is -2.20. The lowest BCUT2D eigenvalue weighted by Crippen LogP contribution is -2.40. The zero-order valence-electron chi connectivity index (χ0n) is 10.8. The number of anilines is 1. The number of pyridine rings is 2. The summed E-state index contributed by atoms with van der Waals surface area (Å²) in [6.45, 7) is 2.03. The fourth-order valence-corrected chi connectivity index (χ4v) is 2.55. The molecule has 3 rings (SSSR count). The Morgan fingerprint density at radius 2 is 2.11 bits per heavy atom. The zero-order chi connectivity index (χ0) is 13.5. The van der Waals surface area contributed by atoms with Gasteiger partial charge in [-0.1, -0.05) is 18.2 Å². The lowest BCUT2D eigenvalue weighted by atomic mass is 9.82. The van der Waals surface area contributed by atoms with E-state index in [1.165, 1.54) is 0 Å². The smallest absolute Gasteiger partial charge is 0.124 e. The van der Waals surface area contributed by atoms with E-state index in [9.17, 15) is 0 Å². The number of hydrogen-bond donors (Lipinski definition) is 2. The Bertz CT molecular complexity index is 663. The van der Waals surface area contributed by atoms with Crippen LogP contribution < -0.4 is 11.5 Å². The minimum Gasteiger partial charge on any atom is -0.384 e. The first kappa shape index (κ1) is 11.9. The number of nitrogens with zero attached hydrogens (tertiary/aromatic N) is 2. The number of nitrogens with two attached hydrogens (primary N) is 2. The van der Waals surface area contributed by atoms with E-state index in [0.29, 0.717) is 12.2 Å². The Kier molecular flexibility index (Phi) is 2.61. The Morgan fingerprint density at radius 3 is 2.89 bits per heavy atom. The molecule has 1 atom stereocenters. The van der Waals surface area contributed by atoms with Crippen LogP contribution in [0.5, 0.6) is 0 Å². The van der Waals surface area contributed by atoms with Gasteiger partial charge in [-0.05, 0) is 36.3 Å². The van der Waals surface area contributed by atoms with E-state index in [2.05, 4.69) is 9.97 Å². The molecular formula is C15H16N4. The summed E-state index contributed by atoms with van der Waals surface area (Å²) in [7, 11) is 0. The van der Waals surface area contributed by atoms with Gasteiger partial charge in [-0.2, -0.15) is 0 Å². The molecule has 2 aromatic rings. The lowest BCUT2D eigenvalue weighted by molar-refractivity contribution is 0.531. The van der Waals surface area contributed by atoms with Gasteiger partial charge >= 0.3 is 0 Å². The van der Waals surface area contributed by atoms with Gasteiger partial charge < -0.3 is 11.5 Å². The maximum atomic E-state index is 6.53. The fraction of sp³-hybridized carbons (Fsp3) is 0.200. The van der Waals surface area contributed by atoms with Crippen molar-refractivity contribution in [3.63, 3.8) is 0 Å². The van der Waals surface area contributed by atoms with Gasteiger partial charge in [0.25, 0.3) is 0 Å². The van der Waals surface area contributed by atoms with Crippen LogP contribution in [-0.2, 0) is 12.0 Å². The van der Waals surface area contributed by atoms with Crippen LogP contribution in [0.15, 0.2) is 36.5 Å². The van der Waals surface area contributed by atoms with E-state index < -0.39 is 5.54 Å². The number of aromatic nitrogens is 2. The molecule has 1 aliphatic rings. The first-order chi connectivity index (χ1) is 9.08. The fourth-order valence-electron chi connectivity index (χ4n) is 2.55. The molecule has 0 bridgehead atoms. The van der Waals surface area contributed by atoms with Gasteiger partial charge in [0.1, 0.15) is 5.82 Å². The third kappa shape index (κ3) is 2.00. The maximum absolute atomic E-state index is 6.53. The number of hydrogen-bond acceptors (Lipinski definition) is 4. The average molecular weight is 252 g/mol. The van der Waals surface area contributed by atoms with Crippen molar-refractivity contribution >= 4 is 11.9 Å². The first-order valence-electron chi connectivity index (χ1n) is 6.24. The molecule has 0 aromatic carbocycles. The second kappa shape index (κ2) is 4.17. The average Bonchev–Trinajstić information content (AvgIpc) is 2.40. The summed E-state index contributed by atoms with van der Waals surface area (Å²) in [5.74, 6) is 0.530. The zero-order valence-corrected chi connectivity index (χ0v) is 10.8. The summed E-state index contributed by atoms with van der Waals surface area (Å²) < 4.78 is 0. The van der Waals surface area contributed by atoms with Gasteiger partial charge in [-0.3, -0.25) is 4.98 Å². The molecule has 0 aliphatic heterocycles. The molecule has 1 aliphatic carbocycles. The van der Waals surface area contributed by atoms with Crippen LogP contribution in [-0.4, -0.2) is 9.97 Å². The molecule has 0 saturated heterocycles. The monoisotopic (exact) mass is 252 g/mol. The van der Waals surface area contributed by atoms with Gasteiger partial charge in [0, 0.05) is 12.6 Å². The maximum Gasteiger partial charge on any atom is 0.124 e. The van der Waals surface area contributed by atoms with Gasteiger partial charge in [0.15, 0.2) is 0 Å². The third-order valence-electron chi connectivity index (χ3n) is 3.51. The highest BCUT2D eigenvalue weighted by molar-refractivity contribution is 5.59. The molecule has 4 heteroatoms. The van der Waals surface area contributed by atoms with Crippen molar-refractivity contribution in [2.45, 2.75) is 18.9 Å². The van der Waals surface area contributed by atoms with Gasteiger partial charge in [0.05, 0.1) is 16.9 Å². The molecule has 19 heavy (non-hydrogen) atoms. The highest BCUT2D eigenvalue weighted by Gasteiger charge is 2.31. The van der Waals surface area contributed by atoms with E-state index in [-0.39, 0.29) is 0 Å². The molecule has 4 nitrogen and oxygen atoms in total. The van der Waals surface area contributed by atoms with Crippen LogP contribution >= 0.6 is 0 Å². The summed E-state index contributed by atoms with van der Waals surface area (Å²) in [6, 6.07) is 7.75. The molecular weight excluding hydrogens is 236 g/mol. The van der Waals surface area contributed by atoms with Crippen molar-refractivity contribution in [1.29, 1.82) is 0 Å². The van der Waals surface area contributed by atoms with Crippen molar-refractivity contribution < 1.29 is 0 Å². The molecule has 0 amide bonds. The number of fused-ring (bicyclic) bond motifs is 1. The Morgan fingerprint density at radius 1 is 1.26 bits per heavy atom. The Balaban J connectivity index is 2.07. The minimum atomic E-state index is -0.573. The van der Waals surface area contributed by atoms with Crippen LogP contribution in [0.1, 0.15) is 22.5 Å². The molecule has 2 aromatic heterocycles. The highest BCUT2D eigenvalue weighted by atomic mass is 14.9. The number of nitrogen functional groups attached to an aromatic ring is 1. The number of rotatable bonds is 1. The summed E-state index contributed by atoms with van der Waals surface area (Å²) in [5, 5.41) is 0. The quantitative estimate of drug-likeness (QED) is 0.811. The normalized spacial score (nSPS) is 21.2. The van der Waals surface area contributed by atoms with Crippen molar-refractivity contribution in [2.24, 2.45) is 5.73 Å². The number of aryl methyl sites for hydroxylation is 1. The van der Waals surface area contributed by atoms with Crippen LogP contribution in [0.2, 0.25) is 0 Å². The van der Waals surface area contributed by atoms with E-state index in [4.69, 9.17) is 11.5 Å². The van der Waals surface area contributed by atoms with Crippen molar-refractivity contribution in [3.8, 4) is 0 Å². The second-order valence-corrected chi connectivity index (χ2v) is 5.00. The molecule has 0 radical (unpaired) electrons. The van der Waals surface area contributed by atoms with Crippen LogP contribution in [0.25, 0.3) is 6.08 Å². The standard InChI is InChI=1S/C15H16N4/c1-10-3-2-8-18-14(10)15(17)7-6-12-11(9-15)4-5-13(16)19-12/h2-8H,9,17H2,1H3,(H2,16,19). The largest absolute Gasteiger partial charge is 0.384 e. The molecule has 1 unspecified atom stereocenters.